The summed E-state index contributed by atoms with van der Waals surface area (Å²) in [6.45, 7) is 0.888. The van der Waals surface area contributed by atoms with Gasteiger partial charge in [0.05, 0.1) is 0 Å². The van der Waals surface area contributed by atoms with E-state index in [0.29, 0.717) is 0 Å². The van der Waals surface area contributed by atoms with Crippen molar-refractivity contribution < 1.29 is 0 Å². The van der Waals surface area contributed by atoms with Crippen LogP contribution in [-0.4, -0.2) is 34.2 Å². The molecule has 9 heavy (non-hydrogen) atoms. The third-order valence-electron chi connectivity index (χ3n) is 0.988. The van der Waals surface area contributed by atoms with Crippen molar-refractivity contribution >= 4 is 0 Å². The minimum Gasteiger partial charge on any atom is -0.319 e. The molecule has 0 radical (unpaired) electrons. The maximum atomic E-state index is 3.77. The van der Waals surface area contributed by atoms with E-state index >= 15 is 0 Å². The fourth-order valence-corrected chi connectivity index (χ4v) is 0.525. The average Bonchev–Trinajstić information content (AvgIpc) is 2.34. The molecule has 1 rings (SSSR count). The van der Waals surface area contributed by atoms with E-state index in [1.165, 1.54) is 0 Å². The van der Waals surface area contributed by atoms with Crippen LogP contribution in [0.15, 0.2) is 0 Å². The first kappa shape index (κ1) is 6.15. The SMILES string of the molecule is CNCCc1nn[nH]n1. The quantitative estimate of drug-likeness (QED) is 0.544. The number of nitrogens with one attached hydrogen (secondary N) is 2. The predicted molar refractivity (Wildman–Crippen MR) is 31.8 cm³/mol. The molecule has 0 spiro atoms. The molecule has 0 unspecified atom stereocenters. The molecule has 0 atom stereocenters. The lowest BCUT2D eigenvalue weighted by Crippen LogP contribution is -2.11. The van der Waals surface area contributed by atoms with Crippen molar-refractivity contribution in [3.05, 3.63) is 5.82 Å². The third kappa shape index (κ3) is 1.77. The summed E-state index contributed by atoms with van der Waals surface area (Å²) in [7, 11) is 1.89. The van der Waals surface area contributed by atoms with Gasteiger partial charge in [-0.3, -0.25) is 0 Å². The van der Waals surface area contributed by atoms with Gasteiger partial charge in [0.2, 0.25) is 0 Å². The molecule has 0 bridgehead atoms. The molecule has 1 aromatic rings. The van der Waals surface area contributed by atoms with E-state index in [0.717, 1.165) is 18.8 Å². The largest absolute Gasteiger partial charge is 0.319 e. The van der Waals surface area contributed by atoms with Gasteiger partial charge in [-0.15, -0.1) is 10.2 Å². The average molecular weight is 127 g/mol. The first-order valence-corrected chi connectivity index (χ1v) is 2.80. The molecule has 5 heteroatoms. The minimum atomic E-state index is 0.754. The topological polar surface area (TPSA) is 66.5 Å². The van der Waals surface area contributed by atoms with Crippen LogP contribution in [0, 0.1) is 0 Å². The van der Waals surface area contributed by atoms with Crippen LogP contribution in [0.2, 0.25) is 0 Å². The highest BCUT2D eigenvalue weighted by Crippen LogP contribution is 1.81. The van der Waals surface area contributed by atoms with Crippen LogP contribution in [0.3, 0.4) is 0 Å². The monoisotopic (exact) mass is 127 g/mol. The maximum absolute atomic E-state index is 3.77. The molecule has 0 fully saturated rings. The van der Waals surface area contributed by atoms with Crippen molar-refractivity contribution in [2.24, 2.45) is 0 Å². The van der Waals surface area contributed by atoms with Crippen LogP contribution in [-0.2, 0) is 6.42 Å². The Kier molecular flexibility index (Phi) is 2.14. The molecule has 0 aliphatic heterocycles. The highest BCUT2D eigenvalue weighted by atomic mass is 15.5. The van der Waals surface area contributed by atoms with Crippen LogP contribution in [0.4, 0.5) is 0 Å². The number of hydrogen-bond acceptors (Lipinski definition) is 4. The van der Waals surface area contributed by atoms with Gasteiger partial charge >= 0.3 is 0 Å². The first-order valence-electron chi connectivity index (χ1n) is 2.80. The van der Waals surface area contributed by atoms with Gasteiger partial charge in [-0.25, -0.2) is 0 Å². The number of likely N-dealkylation sites (N-methyl/N-ethyl adjacent to an activating group) is 1. The number of H-pyrrole nitrogens is 1. The van der Waals surface area contributed by atoms with Crippen molar-refractivity contribution in [1.29, 1.82) is 0 Å². The third-order valence-corrected chi connectivity index (χ3v) is 0.988. The van der Waals surface area contributed by atoms with Crippen molar-refractivity contribution in [3.63, 3.8) is 0 Å². The Morgan fingerprint density at radius 1 is 1.67 bits per heavy atom. The summed E-state index contributed by atoms with van der Waals surface area (Å²) in [6.07, 6.45) is 0.826. The number of tetrazole rings is 1. The van der Waals surface area contributed by atoms with Gasteiger partial charge in [-0.2, -0.15) is 5.21 Å². The van der Waals surface area contributed by atoms with Gasteiger partial charge < -0.3 is 5.32 Å². The Morgan fingerprint density at radius 2 is 2.56 bits per heavy atom. The highest BCUT2D eigenvalue weighted by molar-refractivity contribution is 4.75. The number of hydrogen-bond donors (Lipinski definition) is 2. The van der Waals surface area contributed by atoms with Crippen LogP contribution in [0.5, 0.6) is 0 Å². The lowest BCUT2D eigenvalue weighted by atomic mass is 10.4. The Morgan fingerprint density at radius 3 is 3.11 bits per heavy atom. The zero-order valence-corrected chi connectivity index (χ0v) is 5.26. The van der Waals surface area contributed by atoms with E-state index in [1.807, 2.05) is 7.05 Å². The smallest absolute Gasteiger partial charge is 0.175 e. The summed E-state index contributed by atoms with van der Waals surface area (Å²) in [6, 6.07) is 0. The number of aromatic nitrogens is 4. The Labute approximate surface area is 52.8 Å². The fraction of sp³-hybridized carbons (Fsp3) is 0.750. The first-order chi connectivity index (χ1) is 4.43. The molecule has 1 aromatic heterocycles. The Hall–Kier alpha value is -0.970. The Balaban J connectivity index is 2.30. The molecular weight excluding hydrogens is 118 g/mol. The summed E-state index contributed by atoms with van der Waals surface area (Å²) < 4.78 is 0. The van der Waals surface area contributed by atoms with Crippen LogP contribution >= 0.6 is 0 Å². The fourth-order valence-electron chi connectivity index (χ4n) is 0.525. The summed E-state index contributed by atoms with van der Waals surface area (Å²) in [5.41, 5.74) is 0. The second-order valence-electron chi connectivity index (χ2n) is 1.68. The highest BCUT2D eigenvalue weighted by Gasteiger charge is 1.93. The van der Waals surface area contributed by atoms with E-state index < -0.39 is 0 Å². The van der Waals surface area contributed by atoms with E-state index in [1.54, 1.807) is 0 Å². The van der Waals surface area contributed by atoms with E-state index in [4.69, 9.17) is 0 Å². The maximum Gasteiger partial charge on any atom is 0.175 e. The molecule has 2 N–H and O–H groups in total. The Bertz CT molecular complexity index is 146. The zero-order chi connectivity index (χ0) is 6.53. The second kappa shape index (κ2) is 3.13. The standard InChI is InChI=1S/C4H9N5/c1-5-3-2-4-6-8-9-7-4/h5H,2-3H2,1H3,(H,6,7,8,9). The van der Waals surface area contributed by atoms with E-state index in [9.17, 15) is 0 Å². The van der Waals surface area contributed by atoms with E-state index in [2.05, 4.69) is 25.9 Å². The van der Waals surface area contributed by atoms with Gasteiger partial charge in [0.25, 0.3) is 0 Å². The molecule has 0 amide bonds. The van der Waals surface area contributed by atoms with Gasteiger partial charge in [0.1, 0.15) is 0 Å². The molecule has 0 aromatic carbocycles. The number of aromatic amines is 1. The summed E-state index contributed by atoms with van der Waals surface area (Å²) in [4.78, 5) is 0. The van der Waals surface area contributed by atoms with Gasteiger partial charge in [0, 0.05) is 13.0 Å². The van der Waals surface area contributed by atoms with Crippen molar-refractivity contribution in [1.82, 2.24) is 25.9 Å². The van der Waals surface area contributed by atoms with Gasteiger partial charge in [-0.05, 0) is 7.05 Å². The molecule has 1 heterocycles. The molecule has 0 aliphatic carbocycles. The summed E-state index contributed by atoms with van der Waals surface area (Å²) >= 11 is 0. The van der Waals surface area contributed by atoms with Crippen LogP contribution < -0.4 is 5.32 Å². The van der Waals surface area contributed by atoms with Crippen LogP contribution in [0.25, 0.3) is 0 Å². The predicted octanol–water partition coefficient (Wildman–Crippen LogP) is -1.04. The zero-order valence-electron chi connectivity index (χ0n) is 5.26. The number of rotatable bonds is 3. The van der Waals surface area contributed by atoms with Crippen LogP contribution in [0.1, 0.15) is 5.82 Å². The summed E-state index contributed by atoms with van der Waals surface area (Å²) in [5, 5.41) is 16.3. The molecule has 0 aliphatic rings. The van der Waals surface area contributed by atoms with Gasteiger partial charge in [0.15, 0.2) is 5.82 Å². The minimum absolute atomic E-state index is 0.754. The second-order valence-corrected chi connectivity index (χ2v) is 1.68. The molecule has 50 valence electrons. The van der Waals surface area contributed by atoms with Crippen molar-refractivity contribution in [2.75, 3.05) is 13.6 Å². The van der Waals surface area contributed by atoms with Gasteiger partial charge in [-0.1, -0.05) is 5.21 Å². The summed E-state index contributed by atoms with van der Waals surface area (Å²) in [5.74, 6) is 0.754. The lowest BCUT2D eigenvalue weighted by Gasteiger charge is -1.89. The molecule has 0 saturated carbocycles. The number of nitrogens with zero attached hydrogens (tertiary/aromatic N) is 3. The lowest BCUT2D eigenvalue weighted by molar-refractivity contribution is 0.757. The van der Waals surface area contributed by atoms with E-state index in [-0.39, 0.29) is 0 Å². The normalized spacial score (nSPS) is 9.89. The van der Waals surface area contributed by atoms with Crippen molar-refractivity contribution in [2.45, 2.75) is 6.42 Å². The molecular formula is C4H9N5. The molecule has 0 saturated heterocycles. The molecule has 5 nitrogen and oxygen atoms in total. The van der Waals surface area contributed by atoms with Crippen molar-refractivity contribution in [3.8, 4) is 0 Å².